The molecule has 0 spiro atoms. The van der Waals surface area contributed by atoms with Crippen LogP contribution in [-0.2, 0) is 4.79 Å². The predicted molar refractivity (Wildman–Crippen MR) is 93.1 cm³/mol. The van der Waals surface area contributed by atoms with Crippen molar-refractivity contribution >= 4 is 29.5 Å². The Morgan fingerprint density at radius 1 is 1.00 bits per heavy atom. The summed E-state index contributed by atoms with van der Waals surface area (Å²) >= 11 is 0. The van der Waals surface area contributed by atoms with Gasteiger partial charge in [-0.3, -0.25) is 10.1 Å². The second-order valence-electron chi connectivity index (χ2n) is 5.81. The van der Waals surface area contributed by atoms with Crippen molar-refractivity contribution in [3.8, 4) is 0 Å². The monoisotopic (exact) mass is 352 g/mol. The molecule has 2 fully saturated rings. The first-order chi connectivity index (χ1) is 12.7. The van der Waals surface area contributed by atoms with E-state index in [1.165, 1.54) is 12.4 Å². The Morgan fingerprint density at radius 3 is 2.42 bits per heavy atom. The Labute approximate surface area is 149 Å². The van der Waals surface area contributed by atoms with Gasteiger partial charge < -0.3 is 15.1 Å². The molecule has 2 aliphatic heterocycles. The first kappa shape index (κ1) is 15.9. The van der Waals surface area contributed by atoms with E-state index in [1.807, 2.05) is 6.07 Å². The van der Waals surface area contributed by atoms with Crippen molar-refractivity contribution in [1.82, 2.24) is 30.6 Å². The molecular weight excluding hydrogens is 336 g/mol. The zero-order valence-electron chi connectivity index (χ0n) is 13.8. The van der Waals surface area contributed by atoms with Crippen LogP contribution >= 0.6 is 0 Å². The van der Waals surface area contributed by atoms with Gasteiger partial charge in [0.2, 0.25) is 0 Å². The highest BCUT2D eigenvalue weighted by Crippen LogP contribution is 2.18. The molecule has 0 aliphatic carbocycles. The number of urea groups is 1. The number of carbonyl (C=O) groups is 2. The molecule has 10 heteroatoms. The van der Waals surface area contributed by atoms with E-state index in [0.29, 0.717) is 5.82 Å². The number of hydrogen-bond donors (Lipinski definition) is 2. The van der Waals surface area contributed by atoms with E-state index in [9.17, 15) is 9.59 Å². The molecule has 0 saturated carbocycles. The molecule has 3 amide bonds. The Hall–Kier alpha value is -3.56. The van der Waals surface area contributed by atoms with Crippen LogP contribution in [0.2, 0.25) is 0 Å². The van der Waals surface area contributed by atoms with Crippen molar-refractivity contribution in [3.05, 3.63) is 42.5 Å². The normalized spacial score (nSPS) is 18.8. The van der Waals surface area contributed by atoms with E-state index < -0.39 is 11.9 Å². The fourth-order valence-electron chi connectivity index (χ4n) is 2.87. The third-order valence-corrected chi connectivity index (χ3v) is 4.17. The van der Waals surface area contributed by atoms with E-state index in [4.69, 9.17) is 0 Å². The Balaban J connectivity index is 1.45. The van der Waals surface area contributed by atoms with E-state index >= 15 is 0 Å². The lowest BCUT2D eigenvalue weighted by molar-refractivity contribution is -0.115. The molecule has 2 aromatic rings. The number of nitrogens with zero attached hydrogens (tertiary/aromatic N) is 6. The van der Waals surface area contributed by atoms with E-state index in [1.54, 1.807) is 18.6 Å². The zero-order valence-corrected chi connectivity index (χ0v) is 13.8. The SMILES string of the molecule is O=C1NC(=O)C(=Cc2nccc(N3CCN(c4cncnc4)CC3)n2)N1. The summed E-state index contributed by atoms with van der Waals surface area (Å²) in [5, 5.41) is 4.57. The van der Waals surface area contributed by atoms with Gasteiger partial charge in [-0.05, 0) is 6.07 Å². The van der Waals surface area contributed by atoms with Crippen molar-refractivity contribution in [2.75, 3.05) is 36.0 Å². The number of imide groups is 1. The van der Waals surface area contributed by atoms with Gasteiger partial charge in [-0.25, -0.2) is 24.7 Å². The topological polar surface area (TPSA) is 116 Å². The Bertz CT molecular complexity index is 862. The van der Waals surface area contributed by atoms with Gasteiger partial charge >= 0.3 is 6.03 Å². The van der Waals surface area contributed by atoms with Gasteiger partial charge in [-0.2, -0.15) is 0 Å². The minimum absolute atomic E-state index is 0.140. The third-order valence-electron chi connectivity index (χ3n) is 4.17. The second kappa shape index (κ2) is 6.75. The average Bonchev–Trinajstić information content (AvgIpc) is 3.00. The molecule has 0 bridgehead atoms. The number of nitrogens with one attached hydrogen (secondary N) is 2. The molecule has 2 saturated heterocycles. The summed E-state index contributed by atoms with van der Waals surface area (Å²) < 4.78 is 0. The van der Waals surface area contributed by atoms with Crippen LogP contribution in [0.3, 0.4) is 0 Å². The summed E-state index contributed by atoms with van der Waals surface area (Å²) in [4.78, 5) is 43.9. The van der Waals surface area contributed by atoms with Crippen molar-refractivity contribution < 1.29 is 9.59 Å². The van der Waals surface area contributed by atoms with Crippen LogP contribution < -0.4 is 20.4 Å². The molecule has 0 radical (unpaired) electrons. The highest BCUT2D eigenvalue weighted by Gasteiger charge is 2.23. The van der Waals surface area contributed by atoms with Crippen LogP contribution in [-0.4, -0.2) is 58.1 Å². The first-order valence-corrected chi connectivity index (χ1v) is 8.11. The van der Waals surface area contributed by atoms with E-state index in [0.717, 1.165) is 37.7 Å². The lowest BCUT2D eigenvalue weighted by Crippen LogP contribution is -2.47. The van der Waals surface area contributed by atoms with Crippen LogP contribution in [0, 0.1) is 0 Å². The summed E-state index contributed by atoms with van der Waals surface area (Å²) in [6, 6.07) is 1.29. The largest absolute Gasteiger partial charge is 0.365 e. The van der Waals surface area contributed by atoms with Gasteiger partial charge in [0.25, 0.3) is 5.91 Å². The maximum atomic E-state index is 11.6. The maximum absolute atomic E-state index is 11.6. The van der Waals surface area contributed by atoms with Gasteiger partial charge in [-0.15, -0.1) is 0 Å². The number of piperazine rings is 1. The van der Waals surface area contributed by atoms with Crippen LogP contribution in [0.4, 0.5) is 16.3 Å². The molecule has 132 valence electrons. The number of anilines is 2. The lowest BCUT2D eigenvalue weighted by atomic mass is 10.3. The van der Waals surface area contributed by atoms with Crippen molar-refractivity contribution in [2.24, 2.45) is 0 Å². The molecule has 2 aliphatic rings. The zero-order chi connectivity index (χ0) is 17.9. The summed E-state index contributed by atoms with van der Waals surface area (Å²) in [6.45, 7) is 3.23. The highest BCUT2D eigenvalue weighted by molar-refractivity contribution is 6.13. The average molecular weight is 352 g/mol. The molecule has 4 rings (SSSR count). The summed E-state index contributed by atoms with van der Waals surface area (Å²) in [5.41, 5.74) is 1.14. The lowest BCUT2D eigenvalue weighted by Gasteiger charge is -2.36. The van der Waals surface area contributed by atoms with Gasteiger partial charge in [0.05, 0.1) is 18.1 Å². The quantitative estimate of drug-likeness (QED) is 0.575. The molecule has 2 N–H and O–H groups in total. The highest BCUT2D eigenvalue weighted by atomic mass is 16.2. The molecule has 4 heterocycles. The molecule has 26 heavy (non-hydrogen) atoms. The first-order valence-electron chi connectivity index (χ1n) is 8.11. The van der Waals surface area contributed by atoms with Crippen LogP contribution in [0.1, 0.15) is 5.82 Å². The molecule has 10 nitrogen and oxygen atoms in total. The minimum Gasteiger partial charge on any atom is -0.365 e. The number of carbonyl (C=O) groups excluding carboxylic acids is 2. The van der Waals surface area contributed by atoms with E-state index in [2.05, 4.69) is 40.4 Å². The van der Waals surface area contributed by atoms with E-state index in [-0.39, 0.29) is 5.70 Å². The van der Waals surface area contributed by atoms with Gasteiger partial charge in [0, 0.05) is 38.5 Å². The summed E-state index contributed by atoms with van der Waals surface area (Å²) in [5.74, 6) is 0.664. The Kier molecular flexibility index (Phi) is 4.14. The smallest absolute Gasteiger partial charge is 0.326 e. The number of amides is 3. The van der Waals surface area contributed by atoms with Crippen molar-refractivity contribution in [3.63, 3.8) is 0 Å². The maximum Gasteiger partial charge on any atom is 0.326 e. The standard InChI is InChI=1S/C16H16N8O2/c25-15-12(20-16(26)22-15)7-13-19-2-1-14(21-13)24-5-3-23(4-6-24)11-8-17-10-18-9-11/h1-2,7-10H,3-6H2,(H2,20,22,25,26). The molecular formula is C16H16N8O2. The number of hydrogen-bond acceptors (Lipinski definition) is 8. The van der Waals surface area contributed by atoms with Crippen molar-refractivity contribution in [1.29, 1.82) is 0 Å². The van der Waals surface area contributed by atoms with Crippen LogP contribution in [0.5, 0.6) is 0 Å². The Morgan fingerprint density at radius 2 is 1.73 bits per heavy atom. The third kappa shape index (κ3) is 3.29. The van der Waals surface area contributed by atoms with Crippen LogP contribution in [0.25, 0.3) is 6.08 Å². The minimum atomic E-state index is -0.543. The fourth-order valence-corrected chi connectivity index (χ4v) is 2.87. The summed E-state index contributed by atoms with van der Waals surface area (Å²) in [6.07, 6.45) is 8.23. The van der Waals surface area contributed by atoms with Crippen molar-refractivity contribution in [2.45, 2.75) is 0 Å². The van der Waals surface area contributed by atoms with Gasteiger partial charge in [-0.1, -0.05) is 0 Å². The van der Waals surface area contributed by atoms with Gasteiger partial charge in [0.1, 0.15) is 17.8 Å². The number of rotatable bonds is 3. The van der Waals surface area contributed by atoms with Gasteiger partial charge in [0.15, 0.2) is 5.82 Å². The molecule has 0 aromatic carbocycles. The predicted octanol–water partition coefficient (Wildman–Crippen LogP) is -0.226. The molecule has 0 atom stereocenters. The van der Waals surface area contributed by atoms with Crippen LogP contribution in [0.15, 0.2) is 36.7 Å². The number of aromatic nitrogens is 4. The second-order valence-corrected chi connectivity index (χ2v) is 5.81. The fraction of sp³-hybridized carbons (Fsp3) is 0.250. The summed E-state index contributed by atoms with van der Waals surface area (Å²) in [7, 11) is 0. The molecule has 2 aromatic heterocycles. The molecule has 0 unspecified atom stereocenters.